The Labute approximate surface area is 252 Å². The zero-order valence-electron chi connectivity index (χ0n) is 26.2. The second-order valence-electron chi connectivity index (χ2n) is 13.3. The Morgan fingerprint density at radius 2 is 1.36 bits per heavy atom. The third-order valence-corrected chi connectivity index (χ3v) is 8.60. The van der Waals surface area contributed by atoms with Crippen molar-refractivity contribution in [1.82, 2.24) is 19.4 Å². The number of nitrogens with zero attached hydrogens (tertiary/aromatic N) is 5. The number of fused-ring (bicyclic) bond motifs is 2. The van der Waals surface area contributed by atoms with Crippen LogP contribution in [0, 0.1) is 13.8 Å². The molecule has 3 aliphatic heterocycles. The van der Waals surface area contributed by atoms with Crippen molar-refractivity contribution in [3.05, 3.63) is 40.7 Å². The average Bonchev–Trinajstić information content (AvgIpc) is 2.90. The molecule has 4 aliphatic rings. The standard InChI is InChI=1S/C32H44N5O4S/c1-21-17-23(34-9-13-36(14-10-34)29(38)40-31(3,4)5)19-25-27(21)33-28-22(2)18-24(20-26(28)42-25)35-11-15-37(16-12-35)30(39)41-32(6,7)8/h17-20H,9-16H2,1-8H3/q+1. The number of amides is 2. The summed E-state index contributed by atoms with van der Waals surface area (Å²) in [4.78, 5) is 37.3. The zero-order valence-corrected chi connectivity index (χ0v) is 27.1. The van der Waals surface area contributed by atoms with Crippen molar-refractivity contribution in [2.75, 3.05) is 57.3 Å². The molecule has 0 N–H and O–H groups in total. The van der Waals surface area contributed by atoms with E-state index < -0.39 is 11.2 Å². The average molecular weight is 595 g/mol. The second kappa shape index (κ2) is 11.4. The van der Waals surface area contributed by atoms with E-state index in [0.29, 0.717) is 26.2 Å². The van der Waals surface area contributed by atoms with Crippen LogP contribution in [-0.2, 0) is 9.47 Å². The first kappa shape index (κ1) is 30.1. The minimum Gasteiger partial charge on any atom is -0.444 e. The van der Waals surface area contributed by atoms with Crippen LogP contribution in [0.4, 0.5) is 15.3 Å². The Morgan fingerprint density at radius 3 is 1.93 bits per heavy atom. The second-order valence-corrected chi connectivity index (χ2v) is 14.4. The van der Waals surface area contributed by atoms with E-state index in [1.807, 2.05) is 41.5 Å². The lowest BCUT2D eigenvalue weighted by Crippen LogP contribution is -2.51. The SMILES string of the molecule is Cc1cc(=[N+]2CCN(C(=O)OC(C)(C)C)CC2)cc2sc3cc(N4CCN(C(=O)OC(C)(C)C)CC4)cc(C)c3nc1-2. The highest BCUT2D eigenvalue weighted by atomic mass is 32.1. The summed E-state index contributed by atoms with van der Waals surface area (Å²) < 4.78 is 14.6. The Morgan fingerprint density at radius 1 is 0.786 bits per heavy atom. The van der Waals surface area contributed by atoms with Gasteiger partial charge in [-0.3, -0.25) is 4.90 Å². The van der Waals surface area contributed by atoms with Gasteiger partial charge in [0.05, 0.1) is 33.9 Å². The monoisotopic (exact) mass is 594 g/mol. The molecule has 2 saturated heterocycles. The minimum absolute atomic E-state index is 0.243. The molecule has 0 spiro atoms. The van der Waals surface area contributed by atoms with E-state index in [-0.39, 0.29) is 12.2 Å². The van der Waals surface area contributed by atoms with Crippen molar-refractivity contribution in [3.63, 3.8) is 0 Å². The molecule has 5 rings (SSSR count). The maximum absolute atomic E-state index is 12.5. The number of anilines is 1. The lowest BCUT2D eigenvalue weighted by molar-refractivity contribution is 0.0214. The predicted octanol–water partition coefficient (Wildman–Crippen LogP) is 5.10. The maximum atomic E-state index is 12.5. The Bertz CT molecular complexity index is 1530. The first-order valence-electron chi connectivity index (χ1n) is 14.8. The van der Waals surface area contributed by atoms with Crippen LogP contribution in [0.15, 0.2) is 24.3 Å². The molecule has 0 radical (unpaired) electrons. The molecule has 0 atom stereocenters. The number of benzene rings is 2. The van der Waals surface area contributed by atoms with Gasteiger partial charge < -0.3 is 19.3 Å². The first-order valence-corrected chi connectivity index (χ1v) is 15.6. The van der Waals surface area contributed by atoms with Crippen molar-refractivity contribution >= 4 is 39.4 Å². The molecule has 10 heteroatoms. The molecule has 1 aromatic rings. The third kappa shape index (κ3) is 6.80. The molecule has 3 heterocycles. The Hall–Kier alpha value is -3.40. The van der Waals surface area contributed by atoms with Crippen LogP contribution < -0.4 is 14.8 Å². The smallest absolute Gasteiger partial charge is 0.410 e. The van der Waals surface area contributed by atoms with Gasteiger partial charge in [0.25, 0.3) is 0 Å². The number of aromatic nitrogens is 1. The predicted molar refractivity (Wildman–Crippen MR) is 169 cm³/mol. The molecule has 0 aromatic heterocycles. The molecule has 1 aliphatic carbocycles. The molecule has 1 aromatic carbocycles. The molecule has 42 heavy (non-hydrogen) atoms. The molecule has 2 amide bonds. The van der Waals surface area contributed by atoms with Gasteiger partial charge in [0.15, 0.2) is 13.1 Å². The number of hydrogen-bond acceptors (Lipinski definition) is 7. The summed E-state index contributed by atoms with van der Waals surface area (Å²) in [5, 5.41) is 1.16. The Kier molecular flexibility index (Phi) is 8.13. The molecule has 9 nitrogen and oxygen atoms in total. The lowest BCUT2D eigenvalue weighted by atomic mass is 10.1. The fourth-order valence-electron chi connectivity index (χ4n) is 5.44. The normalized spacial score (nSPS) is 16.8. The molecule has 0 saturated carbocycles. The van der Waals surface area contributed by atoms with Gasteiger partial charge in [-0.2, -0.15) is 0 Å². The summed E-state index contributed by atoms with van der Waals surface area (Å²) in [5.41, 5.74) is 4.54. The van der Waals surface area contributed by atoms with Crippen LogP contribution in [0.1, 0.15) is 52.7 Å². The number of carbonyl (C=O) groups excluding carboxylic acids is 2. The molecule has 0 unspecified atom stereocenters. The van der Waals surface area contributed by atoms with Crippen LogP contribution >= 0.6 is 11.3 Å². The molecule has 226 valence electrons. The van der Waals surface area contributed by atoms with Gasteiger partial charge in [-0.25, -0.2) is 19.1 Å². The van der Waals surface area contributed by atoms with E-state index in [1.54, 1.807) is 21.1 Å². The van der Waals surface area contributed by atoms with Crippen LogP contribution in [0.2, 0.25) is 0 Å². The van der Waals surface area contributed by atoms with Gasteiger partial charge in [-0.15, -0.1) is 11.3 Å². The lowest BCUT2D eigenvalue weighted by Gasteiger charge is -2.37. The molecular weight excluding hydrogens is 550 g/mol. The van der Waals surface area contributed by atoms with E-state index in [2.05, 4.69) is 47.6 Å². The van der Waals surface area contributed by atoms with Crippen LogP contribution in [-0.4, -0.2) is 90.5 Å². The minimum atomic E-state index is -0.493. The maximum Gasteiger partial charge on any atom is 0.410 e. The van der Waals surface area contributed by atoms with Crippen LogP contribution in [0.25, 0.3) is 20.8 Å². The summed E-state index contributed by atoms with van der Waals surface area (Å²) in [6.07, 6.45) is -0.487. The Balaban J connectivity index is 1.38. The van der Waals surface area contributed by atoms with Crippen LogP contribution in [0.3, 0.4) is 0 Å². The highest BCUT2D eigenvalue weighted by molar-refractivity contribution is 7.21. The summed E-state index contributed by atoms with van der Waals surface area (Å²) in [6, 6.07) is 8.91. The number of hydrogen-bond donors (Lipinski definition) is 0. The molecule has 0 bridgehead atoms. The van der Waals surface area contributed by atoms with E-state index in [0.717, 1.165) is 69.1 Å². The largest absolute Gasteiger partial charge is 0.444 e. The summed E-state index contributed by atoms with van der Waals surface area (Å²) in [7, 11) is 0. The van der Waals surface area contributed by atoms with Gasteiger partial charge in [0.1, 0.15) is 11.2 Å². The van der Waals surface area contributed by atoms with Gasteiger partial charge in [-0.1, -0.05) is 0 Å². The third-order valence-electron chi connectivity index (χ3n) is 7.54. The highest BCUT2D eigenvalue weighted by Gasteiger charge is 2.29. The van der Waals surface area contributed by atoms with Crippen molar-refractivity contribution in [2.45, 2.75) is 66.6 Å². The molecule has 2 fully saturated rings. The van der Waals surface area contributed by atoms with Gasteiger partial charge in [0, 0.05) is 44.0 Å². The zero-order chi connectivity index (χ0) is 30.4. The van der Waals surface area contributed by atoms with Crippen molar-refractivity contribution in [2.24, 2.45) is 0 Å². The number of piperazine rings is 2. The van der Waals surface area contributed by atoms with Crippen LogP contribution in [0.5, 0.6) is 0 Å². The van der Waals surface area contributed by atoms with E-state index in [9.17, 15) is 9.59 Å². The number of aryl methyl sites for hydroxylation is 2. The quantitative estimate of drug-likeness (QED) is 0.288. The van der Waals surface area contributed by atoms with E-state index >= 15 is 0 Å². The number of ether oxygens (including phenoxy) is 2. The summed E-state index contributed by atoms with van der Waals surface area (Å²) in [6.45, 7) is 21.2. The summed E-state index contributed by atoms with van der Waals surface area (Å²) >= 11 is 1.77. The number of rotatable bonds is 1. The van der Waals surface area contributed by atoms with E-state index in [4.69, 9.17) is 14.5 Å². The van der Waals surface area contributed by atoms with Crippen molar-refractivity contribution in [1.29, 1.82) is 0 Å². The highest BCUT2D eigenvalue weighted by Crippen LogP contribution is 2.35. The van der Waals surface area contributed by atoms with Gasteiger partial charge in [0.2, 0.25) is 5.36 Å². The topological polar surface area (TPSA) is 78.2 Å². The fraction of sp³-hybridized carbons (Fsp3) is 0.562. The van der Waals surface area contributed by atoms with Crippen molar-refractivity contribution in [3.8, 4) is 10.6 Å². The van der Waals surface area contributed by atoms with Gasteiger partial charge in [-0.05, 0) is 78.6 Å². The van der Waals surface area contributed by atoms with Crippen molar-refractivity contribution < 1.29 is 19.1 Å². The number of carbonyl (C=O) groups is 2. The fourth-order valence-corrected chi connectivity index (χ4v) is 6.65. The van der Waals surface area contributed by atoms with E-state index in [1.165, 1.54) is 0 Å². The van der Waals surface area contributed by atoms with Gasteiger partial charge >= 0.3 is 12.2 Å². The summed E-state index contributed by atoms with van der Waals surface area (Å²) in [5.74, 6) is 0. The molecular formula is C32H44N5O4S+. The first-order chi connectivity index (χ1) is 19.7.